The maximum absolute atomic E-state index is 11.4. The summed E-state index contributed by atoms with van der Waals surface area (Å²) in [5, 5.41) is 13.1. The first-order valence-electron chi connectivity index (χ1n) is 6.86. The smallest absolute Gasteiger partial charge is 0.407 e. The number of alkyl carbamates (subject to hydrolysis) is 1. The van der Waals surface area contributed by atoms with Gasteiger partial charge in [-0.15, -0.1) is 0 Å². The summed E-state index contributed by atoms with van der Waals surface area (Å²) in [6.45, 7) is 6.08. The number of carbonyl (C=O) groups excluding carboxylic acids is 1. The van der Waals surface area contributed by atoms with Crippen LogP contribution in [0.3, 0.4) is 0 Å². The first kappa shape index (κ1) is 19.2. The van der Waals surface area contributed by atoms with Crippen molar-refractivity contribution < 1.29 is 19.4 Å². The molecule has 1 atom stereocenters. The first-order valence-corrected chi connectivity index (χ1v) is 8.03. The Hall–Kier alpha value is -0.820. The van der Waals surface area contributed by atoms with Gasteiger partial charge < -0.3 is 19.9 Å². The molecule has 2 N–H and O–H groups in total. The Morgan fingerprint density at radius 2 is 2.09 bits per heavy atom. The fraction of sp³-hybridized carbons (Fsp3) is 0.533. The molecule has 22 heavy (non-hydrogen) atoms. The number of benzene rings is 1. The molecule has 0 fully saturated rings. The van der Waals surface area contributed by atoms with Gasteiger partial charge in [-0.25, -0.2) is 4.79 Å². The van der Waals surface area contributed by atoms with E-state index < -0.39 is 17.8 Å². The molecule has 0 heterocycles. The molecule has 0 saturated heterocycles. The van der Waals surface area contributed by atoms with Gasteiger partial charge in [0.25, 0.3) is 0 Å². The van der Waals surface area contributed by atoms with E-state index in [1.54, 1.807) is 39.0 Å². The minimum Gasteiger partial charge on any atom is -0.444 e. The van der Waals surface area contributed by atoms with Gasteiger partial charge in [-0.2, -0.15) is 0 Å². The van der Waals surface area contributed by atoms with E-state index in [1.807, 2.05) is 0 Å². The van der Waals surface area contributed by atoms with E-state index in [0.29, 0.717) is 17.1 Å². The summed E-state index contributed by atoms with van der Waals surface area (Å²) in [5.41, 5.74) is 0.139. The van der Waals surface area contributed by atoms with Crippen LogP contribution in [0.25, 0.3) is 0 Å². The molecule has 1 aromatic carbocycles. The van der Waals surface area contributed by atoms with Gasteiger partial charge in [0.05, 0.1) is 13.2 Å². The number of ether oxygens (including phenoxy) is 2. The molecule has 0 aliphatic carbocycles. The fourth-order valence-electron chi connectivity index (χ4n) is 1.60. The second-order valence-corrected chi connectivity index (χ2v) is 7.07. The third-order valence-corrected chi connectivity index (χ3v) is 3.14. The van der Waals surface area contributed by atoms with Crippen molar-refractivity contribution in [2.75, 3.05) is 19.8 Å². The van der Waals surface area contributed by atoms with Gasteiger partial charge in [0.15, 0.2) is 0 Å². The fourth-order valence-corrected chi connectivity index (χ4v) is 2.48. The van der Waals surface area contributed by atoms with E-state index in [4.69, 9.17) is 21.1 Å². The second-order valence-electron chi connectivity index (χ2n) is 5.72. The summed E-state index contributed by atoms with van der Waals surface area (Å²) in [5.74, 6) is 0. The Bertz CT molecular complexity index is 485. The highest BCUT2D eigenvalue weighted by molar-refractivity contribution is 9.10. The van der Waals surface area contributed by atoms with Crippen LogP contribution in [0.4, 0.5) is 4.79 Å². The normalized spacial score (nSPS) is 12.8. The molecule has 7 heteroatoms. The van der Waals surface area contributed by atoms with Gasteiger partial charge >= 0.3 is 6.09 Å². The molecule has 1 amide bonds. The van der Waals surface area contributed by atoms with Crippen LogP contribution in [0.1, 0.15) is 32.4 Å². The monoisotopic (exact) mass is 393 g/mol. The standard InChI is InChI=1S/C15H21BrClNO4/c1-15(2,3)22-14(20)18-4-5-21-9-13(19)10-6-11(16)8-12(17)7-10/h6-8,13,19H,4-5,9H2,1-3H3,(H,18,20). The largest absolute Gasteiger partial charge is 0.444 e. The molecule has 124 valence electrons. The minimum absolute atomic E-state index is 0.114. The molecule has 0 spiro atoms. The van der Waals surface area contributed by atoms with E-state index >= 15 is 0 Å². The number of aliphatic hydroxyl groups is 1. The SMILES string of the molecule is CC(C)(C)OC(=O)NCCOCC(O)c1cc(Cl)cc(Br)c1. The maximum Gasteiger partial charge on any atom is 0.407 e. The topological polar surface area (TPSA) is 67.8 Å². The quantitative estimate of drug-likeness (QED) is 0.722. The van der Waals surface area contributed by atoms with E-state index in [-0.39, 0.29) is 13.2 Å². The summed E-state index contributed by atoms with van der Waals surface area (Å²) in [7, 11) is 0. The van der Waals surface area contributed by atoms with Crippen LogP contribution in [0.5, 0.6) is 0 Å². The van der Waals surface area contributed by atoms with Crippen molar-refractivity contribution in [3.63, 3.8) is 0 Å². The zero-order valence-electron chi connectivity index (χ0n) is 12.9. The molecular formula is C15H21BrClNO4. The Balaban J connectivity index is 2.25. The van der Waals surface area contributed by atoms with Crippen LogP contribution in [-0.4, -0.2) is 36.6 Å². The van der Waals surface area contributed by atoms with Crippen molar-refractivity contribution >= 4 is 33.6 Å². The zero-order chi connectivity index (χ0) is 16.8. The van der Waals surface area contributed by atoms with Gasteiger partial charge in [0, 0.05) is 16.0 Å². The van der Waals surface area contributed by atoms with Crippen molar-refractivity contribution in [3.05, 3.63) is 33.3 Å². The second kappa shape index (κ2) is 8.72. The average Bonchev–Trinajstić information content (AvgIpc) is 2.34. The van der Waals surface area contributed by atoms with Crippen LogP contribution < -0.4 is 5.32 Å². The highest BCUT2D eigenvalue weighted by Crippen LogP contribution is 2.24. The number of amides is 1. The number of rotatable bonds is 6. The number of carbonyl (C=O) groups is 1. The van der Waals surface area contributed by atoms with Crippen molar-refractivity contribution in [3.8, 4) is 0 Å². The molecule has 1 rings (SSSR count). The number of halogens is 2. The molecule has 5 nitrogen and oxygen atoms in total. The number of hydrogen-bond donors (Lipinski definition) is 2. The van der Waals surface area contributed by atoms with Crippen LogP contribution in [0.15, 0.2) is 22.7 Å². The molecule has 0 bridgehead atoms. The zero-order valence-corrected chi connectivity index (χ0v) is 15.2. The van der Waals surface area contributed by atoms with Gasteiger partial charge in [-0.3, -0.25) is 0 Å². The Morgan fingerprint density at radius 1 is 1.41 bits per heavy atom. The molecule has 0 aliphatic rings. The van der Waals surface area contributed by atoms with Crippen LogP contribution in [0.2, 0.25) is 5.02 Å². The summed E-state index contributed by atoms with van der Waals surface area (Å²) in [6, 6.07) is 5.20. The predicted molar refractivity (Wildman–Crippen MR) is 89.2 cm³/mol. The first-order chi connectivity index (χ1) is 10.2. The van der Waals surface area contributed by atoms with E-state index in [9.17, 15) is 9.90 Å². The molecule has 0 aromatic heterocycles. The molecule has 0 saturated carbocycles. The lowest BCUT2D eigenvalue weighted by atomic mass is 10.1. The van der Waals surface area contributed by atoms with Gasteiger partial charge in [0.1, 0.15) is 11.7 Å². The van der Waals surface area contributed by atoms with Gasteiger partial charge in [-0.1, -0.05) is 27.5 Å². The molecule has 1 aromatic rings. The highest BCUT2D eigenvalue weighted by atomic mass is 79.9. The predicted octanol–water partition coefficient (Wildman–Crippen LogP) is 3.68. The summed E-state index contributed by atoms with van der Waals surface area (Å²) >= 11 is 9.24. The number of hydrogen-bond acceptors (Lipinski definition) is 4. The van der Waals surface area contributed by atoms with Crippen LogP contribution in [0, 0.1) is 0 Å². The Morgan fingerprint density at radius 3 is 2.68 bits per heavy atom. The third-order valence-electron chi connectivity index (χ3n) is 2.46. The maximum atomic E-state index is 11.4. The van der Waals surface area contributed by atoms with Crippen molar-refractivity contribution in [1.29, 1.82) is 0 Å². The van der Waals surface area contributed by atoms with Crippen molar-refractivity contribution in [2.24, 2.45) is 0 Å². The highest BCUT2D eigenvalue weighted by Gasteiger charge is 2.15. The van der Waals surface area contributed by atoms with Gasteiger partial charge in [0.2, 0.25) is 0 Å². The summed E-state index contributed by atoms with van der Waals surface area (Å²) < 4.78 is 11.2. The van der Waals surface area contributed by atoms with Gasteiger partial charge in [-0.05, 0) is 44.5 Å². The van der Waals surface area contributed by atoms with Crippen molar-refractivity contribution in [1.82, 2.24) is 5.32 Å². The minimum atomic E-state index is -0.781. The van der Waals surface area contributed by atoms with Crippen LogP contribution in [-0.2, 0) is 9.47 Å². The molecule has 1 unspecified atom stereocenters. The molecule has 0 aliphatic heterocycles. The average molecular weight is 395 g/mol. The summed E-state index contributed by atoms with van der Waals surface area (Å²) in [4.78, 5) is 11.4. The number of aliphatic hydroxyl groups excluding tert-OH is 1. The molecule has 0 radical (unpaired) electrons. The molecular weight excluding hydrogens is 374 g/mol. The lowest BCUT2D eigenvalue weighted by molar-refractivity contribution is 0.0316. The van der Waals surface area contributed by atoms with Crippen LogP contribution >= 0.6 is 27.5 Å². The number of nitrogens with one attached hydrogen (secondary N) is 1. The van der Waals surface area contributed by atoms with E-state index in [2.05, 4.69) is 21.2 Å². The third kappa shape index (κ3) is 7.98. The lowest BCUT2D eigenvalue weighted by Gasteiger charge is -2.19. The Labute approximate surface area is 144 Å². The van der Waals surface area contributed by atoms with E-state index in [0.717, 1.165) is 4.47 Å². The van der Waals surface area contributed by atoms with E-state index in [1.165, 1.54) is 0 Å². The lowest BCUT2D eigenvalue weighted by Crippen LogP contribution is -2.34. The summed E-state index contributed by atoms with van der Waals surface area (Å²) in [6.07, 6.45) is -1.27. The Kier molecular flexibility index (Phi) is 7.62. The van der Waals surface area contributed by atoms with Crippen molar-refractivity contribution in [2.45, 2.75) is 32.5 Å².